The molecule has 2 unspecified atom stereocenters. The molecule has 0 radical (unpaired) electrons. The lowest BCUT2D eigenvalue weighted by atomic mass is 9.70. The van der Waals surface area contributed by atoms with Crippen LogP contribution in [0.15, 0.2) is 25.3 Å². The van der Waals surface area contributed by atoms with Crippen molar-refractivity contribution in [1.82, 2.24) is 14.7 Å². The Bertz CT molecular complexity index is 836. The predicted molar refractivity (Wildman–Crippen MR) is 150 cm³/mol. The first-order valence-electron chi connectivity index (χ1n) is 14.3. The molecule has 5 atom stereocenters. The Balaban J connectivity index is 1.95. The molecular weight excluding hydrogens is 486 g/mol. The fourth-order valence-electron chi connectivity index (χ4n) is 6.63. The van der Waals surface area contributed by atoms with Gasteiger partial charge in [-0.15, -0.1) is 24.9 Å². The number of thioether (sulfide) groups is 1. The van der Waals surface area contributed by atoms with Gasteiger partial charge < -0.3 is 19.8 Å². The fraction of sp³-hybridized carbons (Fsp3) is 0.759. The number of nitrogens with zero attached hydrogens (tertiary/aromatic N) is 3. The highest BCUT2D eigenvalue weighted by atomic mass is 32.2. The largest absolute Gasteiger partial charge is 0.396 e. The molecule has 0 aromatic rings. The van der Waals surface area contributed by atoms with Crippen molar-refractivity contribution < 1.29 is 19.5 Å². The van der Waals surface area contributed by atoms with Crippen LogP contribution in [0.4, 0.5) is 0 Å². The van der Waals surface area contributed by atoms with Crippen LogP contribution in [0.3, 0.4) is 0 Å². The highest BCUT2D eigenvalue weighted by molar-refractivity contribution is 8.02. The van der Waals surface area contributed by atoms with E-state index in [9.17, 15) is 19.5 Å². The summed E-state index contributed by atoms with van der Waals surface area (Å²) in [7, 11) is 0. The van der Waals surface area contributed by atoms with Gasteiger partial charge in [-0.1, -0.05) is 38.8 Å². The smallest absolute Gasteiger partial charge is 0.247 e. The molecule has 3 amide bonds. The third kappa shape index (κ3) is 5.95. The summed E-state index contributed by atoms with van der Waals surface area (Å²) in [5.74, 6) is -0.827. The molecule has 3 aliphatic rings. The van der Waals surface area contributed by atoms with Gasteiger partial charge in [-0.25, -0.2) is 0 Å². The summed E-state index contributed by atoms with van der Waals surface area (Å²) in [6, 6.07) is -0.549. The third-order valence-electron chi connectivity index (χ3n) is 8.22. The Labute approximate surface area is 227 Å². The summed E-state index contributed by atoms with van der Waals surface area (Å²) in [4.78, 5) is 47.7. The minimum atomic E-state index is -0.549. The predicted octanol–water partition coefficient (Wildman–Crippen LogP) is 3.87. The van der Waals surface area contributed by atoms with Gasteiger partial charge in [0.2, 0.25) is 17.7 Å². The molecule has 1 spiro atoms. The summed E-state index contributed by atoms with van der Waals surface area (Å²) < 4.78 is -0.549. The van der Waals surface area contributed by atoms with Gasteiger partial charge in [-0.3, -0.25) is 14.4 Å². The number of carbonyl (C=O) groups excluding carboxylic acids is 3. The molecule has 0 aromatic heterocycles. The maximum absolute atomic E-state index is 14.2. The van der Waals surface area contributed by atoms with Crippen LogP contribution in [0.2, 0.25) is 0 Å². The van der Waals surface area contributed by atoms with Crippen LogP contribution in [0.1, 0.15) is 71.6 Å². The lowest BCUT2D eigenvalue weighted by Gasteiger charge is -2.37. The molecule has 0 aliphatic carbocycles. The highest BCUT2D eigenvalue weighted by Gasteiger charge is 2.73. The number of unbranched alkanes of at least 4 members (excludes halogenated alkanes) is 4. The van der Waals surface area contributed by atoms with E-state index in [4.69, 9.17) is 0 Å². The molecule has 3 rings (SSSR count). The second kappa shape index (κ2) is 13.8. The zero-order valence-electron chi connectivity index (χ0n) is 22.9. The highest BCUT2D eigenvalue weighted by Crippen LogP contribution is 2.66. The van der Waals surface area contributed by atoms with Crippen molar-refractivity contribution in [2.24, 2.45) is 11.8 Å². The fourth-order valence-corrected chi connectivity index (χ4v) is 8.83. The second-order valence-electron chi connectivity index (χ2n) is 10.7. The summed E-state index contributed by atoms with van der Waals surface area (Å²) >= 11 is 1.74. The molecular formula is C29H47N3O4S. The summed E-state index contributed by atoms with van der Waals surface area (Å²) in [6.07, 6.45) is 11.3. The van der Waals surface area contributed by atoms with Crippen LogP contribution in [-0.4, -0.2) is 92.9 Å². The van der Waals surface area contributed by atoms with Crippen LogP contribution in [-0.2, 0) is 14.4 Å². The quantitative estimate of drug-likeness (QED) is 0.227. The van der Waals surface area contributed by atoms with Gasteiger partial charge in [0.25, 0.3) is 0 Å². The monoisotopic (exact) mass is 533 g/mol. The minimum Gasteiger partial charge on any atom is -0.396 e. The number of likely N-dealkylation sites (tertiary alicyclic amines) is 1. The molecule has 3 heterocycles. The second-order valence-corrected chi connectivity index (χ2v) is 12.3. The molecule has 2 bridgehead atoms. The van der Waals surface area contributed by atoms with Crippen LogP contribution >= 0.6 is 11.8 Å². The Kier molecular flexibility index (Phi) is 11.1. The summed E-state index contributed by atoms with van der Waals surface area (Å²) in [6.45, 7) is 14.8. The first-order valence-corrected chi connectivity index (χ1v) is 15.2. The summed E-state index contributed by atoms with van der Waals surface area (Å²) in [5, 5.41) is 9.31. The normalized spacial score (nSPS) is 27.9. The Morgan fingerprint density at radius 1 is 1.03 bits per heavy atom. The maximum atomic E-state index is 14.2. The van der Waals surface area contributed by atoms with E-state index in [1.54, 1.807) is 23.9 Å². The van der Waals surface area contributed by atoms with Crippen molar-refractivity contribution in [2.45, 2.75) is 87.7 Å². The van der Waals surface area contributed by atoms with Crippen molar-refractivity contribution in [3.8, 4) is 0 Å². The van der Waals surface area contributed by atoms with Crippen LogP contribution in [0.5, 0.6) is 0 Å². The van der Waals surface area contributed by atoms with E-state index in [2.05, 4.69) is 27.0 Å². The summed E-state index contributed by atoms with van der Waals surface area (Å²) in [5.41, 5.74) is 0. The van der Waals surface area contributed by atoms with Gasteiger partial charge in [-0.05, 0) is 44.9 Å². The third-order valence-corrected chi connectivity index (χ3v) is 10.2. The number of carbonyl (C=O) groups is 3. The standard InChI is InChI=1S/C29H47N3O4S/c1-5-9-11-19-31(18-8-4)28(36)25-29-15-14-22(37-29)23(26(34)30(16-6-2)17-7-3)24(29)27(35)32(25)20-12-10-13-21-33/h6,8,22-25,33H,2,4-5,7,9-21H2,1,3H3/t22-,23+,24-,25?,29?/m0/s1. The molecule has 3 aliphatic heterocycles. The number of hydrogen-bond donors (Lipinski definition) is 1. The van der Waals surface area contributed by atoms with Crippen LogP contribution in [0, 0.1) is 11.8 Å². The van der Waals surface area contributed by atoms with Crippen molar-refractivity contribution in [3.63, 3.8) is 0 Å². The van der Waals surface area contributed by atoms with E-state index in [-0.39, 0.29) is 35.5 Å². The number of hydrogen-bond acceptors (Lipinski definition) is 5. The first kappa shape index (κ1) is 29.8. The molecule has 208 valence electrons. The number of rotatable bonds is 17. The lowest BCUT2D eigenvalue weighted by Crippen LogP contribution is -2.55. The van der Waals surface area contributed by atoms with Crippen LogP contribution in [0.25, 0.3) is 0 Å². The molecule has 1 N–H and O–H groups in total. The number of aliphatic hydroxyl groups is 1. The Morgan fingerprint density at radius 3 is 2.35 bits per heavy atom. The molecule has 37 heavy (non-hydrogen) atoms. The van der Waals surface area contributed by atoms with E-state index in [1.807, 2.05) is 14.7 Å². The van der Waals surface area contributed by atoms with Crippen molar-refractivity contribution in [3.05, 3.63) is 25.3 Å². The number of aliphatic hydroxyl groups excluding tert-OH is 1. The zero-order chi connectivity index (χ0) is 27.0. The molecule has 3 fully saturated rings. The molecule has 3 saturated heterocycles. The Hall–Kier alpha value is -1.80. The average molecular weight is 534 g/mol. The zero-order valence-corrected chi connectivity index (χ0v) is 23.7. The van der Waals surface area contributed by atoms with Gasteiger partial charge in [0.15, 0.2) is 0 Å². The lowest BCUT2D eigenvalue weighted by molar-refractivity contribution is -0.144. The van der Waals surface area contributed by atoms with Crippen LogP contribution < -0.4 is 0 Å². The van der Waals surface area contributed by atoms with E-state index in [0.29, 0.717) is 39.1 Å². The van der Waals surface area contributed by atoms with E-state index in [0.717, 1.165) is 51.4 Å². The molecule has 0 saturated carbocycles. The average Bonchev–Trinajstić information content (AvgIpc) is 3.53. The van der Waals surface area contributed by atoms with Crippen molar-refractivity contribution >= 4 is 29.5 Å². The van der Waals surface area contributed by atoms with E-state index in [1.165, 1.54) is 0 Å². The number of fused-ring (bicyclic) bond motifs is 1. The van der Waals surface area contributed by atoms with Crippen molar-refractivity contribution in [1.29, 1.82) is 0 Å². The maximum Gasteiger partial charge on any atom is 0.247 e. The van der Waals surface area contributed by atoms with Gasteiger partial charge in [0, 0.05) is 44.6 Å². The molecule has 8 heteroatoms. The van der Waals surface area contributed by atoms with Crippen molar-refractivity contribution in [2.75, 3.05) is 39.3 Å². The molecule has 0 aromatic carbocycles. The van der Waals surface area contributed by atoms with Gasteiger partial charge in [0.1, 0.15) is 6.04 Å². The SMILES string of the molecule is C=CCN(CCCCC)C(=O)C1N(CCCCCO)C(=O)[C@@H]2[C@H](C(=O)N(CC=C)CCC)[C@@H]3CCC12S3. The van der Waals surface area contributed by atoms with Gasteiger partial charge >= 0.3 is 0 Å². The van der Waals surface area contributed by atoms with E-state index >= 15 is 0 Å². The van der Waals surface area contributed by atoms with Gasteiger partial charge in [0.05, 0.1) is 16.6 Å². The first-order chi connectivity index (χ1) is 17.9. The topological polar surface area (TPSA) is 81.2 Å². The minimum absolute atomic E-state index is 0.00626. The Morgan fingerprint density at radius 2 is 1.73 bits per heavy atom. The van der Waals surface area contributed by atoms with E-state index < -0.39 is 16.7 Å². The molecule has 7 nitrogen and oxygen atoms in total. The number of amides is 3. The van der Waals surface area contributed by atoms with Gasteiger partial charge in [-0.2, -0.15) is 0 Å².